The van der Waals surface area contributed by atoms with Crippen molar-refractivity contribution in [1.29, 1.82) is 0 Å². The molecule has 0 radical (unpaired) electrons. The third-order valence-corrected chi connectivity index (χ3v) is 3.96. The molecule has 2 heterocycles. The second-order valence-corrected chi connectivity index (χ2v) is 4.88. The Morgan fingerprint density at radius 3 is 2.78 bits per heavy atom. The molecule has 0 spiro atoms. The number of methoxy groups -OCH3 is 1. The highest BCUT2D eigenvalue weighted by Crippen LogP contribution is 2.37. The van der Waals surface area contributed by atoms with Crippen molar-refractivity contribution in [2.24, 2.45) is 0 Å². The number of hydrogen-bond acceptors (Lipinski definition) is 5. The van der Waals surface area contributed by atoms with Gasteiger partial charge in [-0.1, -0.05) is 12.1 Å². The van der Waals surface area contributed by atoms with Crippen LogP contribution in [0.25, 0.3) is 0 Å². The summed E-state index contributed by atoms with van der Waals surface area (Å²) in [5, 5.41) is 5.98. The maximum Gasteiger partial charge on any atom is 0.262 e. The van der Waals surface area contributed by atoms with E-state index in [1.165, 1.54) is 11.9 Å². The molecule has 18 heavy (non-hydrogen) atoms. The van der Waals surface area contributed by atoms with Gasteiger partial charge in [0.2, 0.25) is 0 Å². The lowest BCUT2D eigenvalue weighted by molar-refractivity contribution is -0.117. The van der Waals surface area contributed by atoms with E-state index in [1.54, 1.807) is 7.11 Å². The zero-order valence-electron chi connectivity index (χ0n) is 9.82. The summed E-state index contributed by atoms with van der Waals surface area (Å²) in [6, 6.07) is 7.87. The summed E-state index contributed by atoms with van der Waals surface area (Å²) in [7, 11) is 1.65. The Kier molecular flexibility index (Phi) is 2.89. The third kappa shape index (κ3) is 1.83. The lowest BCUT2D eigenvalue weighted by atomic mass is 10.0. The minimum absolute atomic E-state index is 0.0164. The molecule has 0 saturated heterocycles. The first kappa shape index (κ1) is 11.4. The highest BCUT2D eigenvalue weighted by Gasteiger charge is 2.33. The molecule has 0 bridgehead atoms. The lowest BCUT2D eigenvalue weighted by Crippen LogP contribution is -2.40. The Hall–Kier alpha value is -1.66. The van der Waals surface area contributed by atoms with Gasteiger partial charge in [-0.25, -0.2) is 4.72 Å². The van der Waals surface area contributed by atoms with Crippen LogP contribution in [-0.2, 0) is 4.79 Å². The Labute approximate surface area is 109 Å². The average molecular weight is 263 g/mol. The van der Waals surface area contributed by atoms with Crippen LogP contribution in [0.5, 0.6) is 5.75 Å². The molecule has 3 rings (SSSR count). The molecule has 1 unspecified atom stereocenters. The molecule has 5 nitrogen and oxygen atoms in total. The van der Waals surface area contributed by atoms with E-state index in [2.05, 4.69) is 15.4 Å². The van der Waals surface area contributed by atoms with Crippen LogP contribution in [0.3, 0.4) is 0 Å². The highest BCUT2D eigenvalue weighted by atomic mass is 32.2. The SMILES string of the molecule is COc1ccc(C2NSC3=C2NCNC3=O)cc1. The zero-order valence-corrected chi connectivity index (χ0v) is 10.6. The van der Waals surface area contributed by atoms with Gasteiger partial charge in [0.1, 0.15) is 10.7 Å². The van der Waals surface area contributed by atoms with Crippen LogP contribution in [0, 0.1) is 0 Å². The van der Waals surface area contributed by atoms with Gasteiger partial charge in [-0.2, -0.15) is 0 Å². The molecule has 2 aliphatic rings. The molecule has 1 atom stereocenters. The summed E-state index contributed by atoms with van der Waals surface area (Å²) in [5.41, 5.74) is 2.06. The molecule has 1 aromatic rings. The third-order valence-electron chi connectivity index (χ3n) is 3.00. The van der Waals surface area contributed by atoms with E-state index in [0.29, 0.717) is 6.67 Å². The maximum atomic E-state index is 11.7. The van der Waals surface area contributed by atoms with E-state index in [9.17, 15) is 4.79 Å². The van der Waals surface area contributed by atoms with Crippen LogP contribution in [-0.4, -0.2) is 19.7 Å². The highest BCUT2D eigenvalue weighted by molar-refractivity contribution is 8.02. The summed E-state index contributed by atoms with van der Waals surface area (Å²) >= 11 is 1.37. The van der Waals surface area contributed by atoms with Crippen molar-refractivity contribution in [3.63, 3.8) is 0 Å². The fourth-order valence-corrected chi connectivity index (χ4v) is 3.00. The van der Waals surface area contributed by atoms with Crippen molar-refractivity contribution in [3.05, 3.63) is 40.4 Å². The van der Waals surface area contributed by atoms with E-state index >= 15 is 0 Å². The molecule has 6 heteroatoms. The van der Waals surface area contributed by atoms with Gasteiger partial charge < -0.3 is 15.4 Å². The minimum Gasteiger partial charge on any atom is -0.497 e. The average Bonchev–Trinajstić information content (AvgIpc) is 2.84. The Balaban J connectivity index is 1.91. The van der Waals surface area contributed by atoms with Crippen LogP contribution in [0.2, 0.25) is 0 Å². The van der Waals surface area contributed by atoms with Gasteiger partial charge in [0, 0.05) is 0 Å². The van der Waals surface area contributed by atoms with E-state index in [0.717, 1.165) is 21.9 Å². The van der Waals surface area contributed by atoms with Gasteiger partial charge in [0.15, 0.2) is 0 Å². The first-order valence-electron chi connectivity index (χ1n) is 5.62. The smallest absolute Gasteiger partial charge is 0.262 e. The van der Waals surface area contributed by atoms with Crippen LogP contribution in [0.4, 0.5) is 0 Å². The van der Waals surface area contributed by atoms with Crippen molar-refractivity contribution in [2.75, 3.05) is 13.8 Å². The number of carbonyl (C=O) groups is 1. The molecular weight excluding hydrogens is 250 g/mol. The number of hydrogen-bond donors (Lipinski definition) is 3. The predicted molar refractivity (Wildman–Crippen MR) is 69.6 cm³/mol. The van der Waals surface area contributed by atoms with Crippen LogP contribution in [0.15, 0.2) is 34.9 Å². The number of benzene rings is 1. The fraction of sp³-hybridized carbons (Fsp3) is 0.250. The van der Waals surface area contributed by atoms with Crippen LogP contribution >= 0.6 is 11.9 Å². The standard InChI is InChI=1S/C12H13N3O2S/c1-17-8-4-2-7(3-5-8)9-10-11(18-15-9)12(16)14-6-13-10/h2-5,9,13,15H,6H2,1H3,(H,14,16). The monoisotopic (exact) mass is 263 g/mol. The maximum absolute atomic E-state index is 11.7. The van der Waals surface area contributed by atoms with Gasteiger partial charge in [-0.15, -0.1) is 0 Å². The van der Waals surface area contributed by atoms with E-state index in [-0.39, 0.29) is 11.9 Å². The van der Waals surface area contributed by atoms with Gasteiger partial charge >= 0.3 is 0 Å². The van der Waals surface area contributed by atoms with Gasteiger partial charge in [0.25, 0.3) is 5.91 Å². The van der Waals surface area contributed by atoms with Crippen LogP contribution < -0.4 is 20.1 Å². The molecular formula is C12H13N3O2S. The first-order valence-corrected chi connectivity index (χ1v) is 6.44. The zero-order chi connectivity index (χ0) is 12.5. The van der Waals surface area contributed by atoms with Crippen molar-refractivity contribution in [1.82, 2.24) is 15.4 Å². The number of nitrogens with one attached hydrogen (secondary N) is 3. The quantitative estimate of drug-likeness (QED) is 0.691. The Morgan fingerprint density at radius 1 is 1.28 bits per heavy atom. The van der Waals surface area contributed by atoms with Crippen molar-refractivity contribution in [2.45, 2.75) is 6.04 Å². The van der Waals surface area contributed by atoms with Gasteiger partial charge in [-0.05, 0) is 29.6 Å². The van der Waals surface area contributed by atoms with Crippen molar-refractivity contribution in [3.8, 4) is 5.75 Å². The number of rotatable bonds is 2. The van der Waals surface area contributed by atoms with Crippen molar-refractivity contribution < 1.29 is 9.53 Å². The van der Waals surface area contributed by atoms with Crippen LogP contribution in [0.1, 0.15) is 11.6 Å². The lowest BCUT2D eigenvalue weighted by Gasteiger charge is -2.20. The molecule has 0 fully saturated rings. The second kappa shape index (κ2) is 4.55. The van der Waals surface area contributed by atoms with E-state index < -0.39 is 0 Å². The predicted octanol–water partition coefficient (Wildman–Crippen LogP) is 0.876. The summed E-state index contributed by atoms with van der Waals surface area (Å²) in [6.45, 7) is 0.479. The minimum atomic E-state index is -0.0164. The van der Waals surface area contributed by atoms with Crippen molar-refractivity contribution >= 4 is 17.9 Å². The van der Waals surface area contributed by atoms with E-state index in [1.807, 2.05) is 24.3 Å². The molecule has 2 aliphatic heterocycles. The topological polar surface area (TPSA) is 62.4 Å². The summed E-state index contributed by atoms with van der Waals surface area (Å²) in [4.78, 5) is 12.4. The number of amides is 1. The molecule has 0 aliphatic carbocycles. The molecule has 1 aromatic carbocycles. The number of carbonyl (C=O) groups excluding carboxylic acids is 1. The summed E-state index contributed by atoms with van der Waals surface area (Å²) in [6.07, 6.45) is 0. The largest absolute Gasteiger partial charge is 0.497 e. The summed E-state index contributed by atoms with van der Waals surface area (Å²) in [5.74, 6) is 0.810. The first-order chi connectivity index (χ1) is 8.79. The Morgan fingerprint density at radius 2 is 2.06 bits per heavy atom. The normalized spacial score (nSPS) is 22.3. The molecule has 0 aromatic heterocycles. The summed E-state index contributed by atoms with van der Waals surface area (Å²) < 4.78 is 8.40. The number of ether oxygens (including phenoxy) is 1. The van der Waals surface area contributed by atoms with Gasteiger partial charge in [0.05, 0.1) is 25.5 Å². The van der Waals surface area contributed by atoms with E-state index in [4.69, 9.17) is 4.74 Å². The molecule has 94 valence electrons. The molecule has 3 N–H and O–H groups in total. The molecule has 1 amide bonds. The Bertz CT molecular complexity index is 513. The fourth-order valence-electron chi connectivity index (χ4n) is 2.04. The van der Waals surface area contributed by atoms with Gasteiger partial charge in [-0.3, -0.25) is 4.79 Å². The second-order valence-electron chi connectivity index (χ2n) is 4.03. The molecule has 0 saturated carbocycles.